The highest BCUT2D eigenvalue weighted by Gasteiger charge is 2.44. The Kier molecular flexibility index (Phi) is 12.4. The molecule has 0 saturated heterocycles. The molecule has 0 N–H and O–H groups in total. The highest BCUT2D eigenvalue weighted by Crippen LogP contribution is 2.51. The van der Waals surface area contributed by atoms with Gasteiger partial charge in [-0.2, -0.15) is 0 Å². The molecule has 1 atom stereocenters. The molecule has 2 aromatic heterocycles. The van der Waals surface area contributed by atoms with Crippen molar-refractivity contribution >= 4 is 78.9 Å². The van der Waals surface area contributed by atoms with Gasteiger partial charge in [-0.3, -0.25) is 0 Å². The molecule has 4 heterocycles. The lowest BCUT2D eigenvalue weighted by Crippen LogP contribution is -2.59. The maximum absolute atomic E-state index is 7.62. The predicted octanol–water partition coefficient (Wildman–Crippen LogP) is 20.3. The molecule has 1 unspecified atom stereocenters. The number of anilines is 3. The Bertz CT molecular complexity index is 4650. The van der Waals surface area contributed by atoms with Crippen LogP contribution in [0.25, 0.3) is 83.5 Å². The van der Waals surface area contributed by atoms with Gasteiger partial charge in [0.2, 0.25) is 0 Å². The Morgan fingerprint density at radius 2 is 0.920 bits per heavy atom. The first kappa shape index (κ1) is 54.6. The molecule has 0 radical (unpaired) electrons. The standard InChI is InChI=1S/C82H76BN3O/c1-79(2,3)55-31-39-69-63(45-55)64-46-56(80(4,5)6)32-40-70(64)84(69)59-35-37-67-73(49-59)86(78-61(52-25-18-14-19-26-52)29-22-30-62(78)53-27-20-15-21-28-53)74-43-54(51-23-16-13-17-24-51)44-76-77(74)83(67)68-38-36-60(50-75(68)87-76)85-71-41-33-57(81(7,8)9)47-65(71)66-48-58(82(10,11)12)34-42-72(66)85/h13-47,49-50,58H,48H2,1-12H3. The number of fused-ring (bicyclic) bond motifs is 10. The van der Waals surface area contributed by atoms with E-state index in [-0.39, 0.29) is 28.4 Å². The minimum absolute atomic E-state index is 0.0107. The van der Waals surface area contributed by atoms with Gasteiger partial charge in [0.25, 0.3) is 6.71 Å². The normalized spacial score (nSPS) is 14.7. The van der Waals surface area contributed by atoms with Crippen molar-refractivity contribution in [3.63, 3.8) is 0 Å². The van der Waals surface area contributed by atoms with Gasteiger partial charge in [0.05, 0.1) is 22.2 Å². The van der Waals surface area contributed by atoms with Crippen LogP contribution in [0, 0.1) is 11.3 Å². The zero-order chi connectivity index (χ0) is 60.1. The van der Waals surface area contributed by atoms with Crippen LogP contribution in [0.5, 0.6) is 11.5 Å². The summed E-state index contributed by atoms with van der Waals surface area (Å²) in [4.78, 5) is 2.61. The lowest BCUT2D eigenvalue weighted by atomic mass is 9.34. The van der Waals surface area contributed by atoms with E-state index in [1.165, 1.54) is 66.1 Å². The molecule has 4 nitrogen and oxygen atoms in total. The molecule has 0 saturated carbocycles. The van der Waals surface area contributed by atoms with E-state index in [0.717, 1.165) is 90.7 Å². The second kappa shape index (κ2) is 19.7. The van der Waals surface area contributed by atoms with Crippen LogP contribution in [0.3, 0.4) is 0 Å². The molecule has 10 aromatic carbocycles. The van der Waals surface area contributed by atoms with E-state index in [1.807, 2.05) is 0 Å². The number of ether oxygens (including phenoxy) is 1. The van der Waals surface area contributed by atoms with Crippen molar-refractivity contribution in [2.45, 2.75) is 106 Å². The zero-order valence-corrected chi connectivity index (χ0v) is 52.5. The monoisotopic (exact) mass is 1130 g/mol. The summed E-state index contributed by atoms with van der Waals surface area (Å²) in [7, 11) is 0. The first-order valence-electron chi connectivity index (χ1n) is 31.4. The van der Waals surface area contributed by atoms with Crippen LogP contribution >= 0.6 is 0 Å². The van der Waals surface area contributed by atoms with Crippen LogP contribution in [0.2, 0.25) is 0 Å². The molecule has 1 aliphatic carbocycles. The van der Waals surface area contributed by atoms with Gasteiger partial charge in [-0.15, -0.1) is 0 Å². The van der Waals surface area contributed by atoms with Gasteiger partial charge in [-0.05, 0) is 168 Å². The number of aromatic nitrogens is 2. The van der Waals surface area contributed by atoms with E-state index in [9.17, 15) is 0 Å². The van der Waals surface area contributed by atoms with Crippen LogP contribution in [-0.2, 0) is 22.7 Å². The summed E-state index contributed by atoms with van der Waals surface area (Å²) in [6, 6.07) is 80.3. The van der Waals surface area contributed by atoms with Crippen molar-refractivity contribution in [3.8, 4) is 56.3 Å². The van der Waals surface area contributed by atoms with E-state index in [2.05, 4.69) is 322 Å². The van der Waals surface area contributed by atoms with Gasteiger partial charge >= 0.3 is 0 Å². The van der Waals surface area contributed by atoms with Gasteiger partial charge < -0.3 is 18.8 Å². The largest absolute Gasteiger partial charge is 0.458 e. The summed E-state index contributed by atoms with van der Waals surface area (Å²) in [6.07, 6.45) is 5.86. The first-order valence-corrected chi connectivity index (χ1v) is 31.4. The lowest BCUT2D eigenvalue weighted by Gasteiger charge is -2.42. The highest BCUT2D eigenvalue weighted by molar-refractivity contribution is 6.99. The Hall–Kier alpha value is -9.06. The van der Waals surface area contributed by atoms with Crippen molar-refractivity contribution in [1.29, 1.82) is 0 Å². The molecule has 12 aromatic rings. The predicted molar refractivity (Wildman–Crippen MR) is 372 cm³/mol. The third kappa shape index (κ3) is 9.02. The Labute approximate surface area is 514 Å². The minimum atomic E-state index is -0.166. The van der Waals surface area contributed by atoms with E-state index >= 15 is 0 Å². The van der Waals surface area contributed by atoms with E-state index in [1.54, 1.807) is 0 Å². The van der Waals surface area contributed by atoms with Crippen molar-refractivity contribution in [1.82, 2.24) is 9.13 Å². The second-order valence-electron chi connectivity index (χ2n) is 29.1. The molecule has 2 aliphatic heterocycles. The SMILES string of the molecule is CC(C)(C)c1ccc2c(c1)c1c(n2-c2ccc3c(c2)Oc2cc(-c4ccccc4)cc4c2B3c2ccc(-n3c5ccc(C(C)(C)C)cc5c5cc(C(C)(C)C)ccc53)cc2N4c2c(-c3ccccc3)cccc2-c2ccccc2)C=CC(C(C)(C)C)C1. The fourth-order valence-corrected chi connectivity index (χ4v) is 14.4. The fraction of sp³-hybridized carbons (Fsp3) is 0.220. The molecule has 0 fully saturated rings. The quantitative estimate of drug-likeness (QED) is 0.155. The number of benzene rings is 10. The zero-order valence-electron chi connectivity index (χ0n) is 52.5. The van der Waals surface area contributed by atoms with Crippen molar-refractivity contribution < 1.29 is 4.74 Å². The van der Waals surface area contributed by atoms with Gasteiger partial charge in [-0.1, -0.05) is 229 Å². The molecule has 15 rings (SSSR count). The summed E-state index contributed by atoms with van der Waals surface area (Å²) in [5.41, 5.74) is 26.3. The molecular weight excluding hydrogens is 1050 g/mol. The van der Waals surface area contributed by atoms with Crippen molar-refractivity contribution in [2.24, 2.45) is 11.3 Å². The first-order chi connectivity index (χ1) is 41.7. The lowest BCUT2D eigenvalue weighted by molar-refractivity contribution is 0.291. The number of rotatable bonds is 6. The molecule has 87 heavy (non-hydrogen) atoms. The van der Waals surface area contributed by atoms with Gasteiger partial charge in [0.1, 0.15) is 11.5 Å². The van der Waals surface area contributed by atoms with Gasteiger partial charge in [-0.25, -0.2) is 0 Å². The highest BCUT2D eigenvalue weighted by atomic mass is 16.5. The van der Waals surface area contributed by atoms with Crippen LogP contribution in [0.15, 0.2) is 218 Å². The van der Waals surface area contributed by atoms with Crippen molar-refractivity contribution in [2.75, 3.05) is 4.90 Å². The third-order valence-electron chi connectivity index (χ3n) is 19.3. The van der Waals surface area contributed by atoms with Crippen molar-refractivity contribution in [3.05, 3.63) is 246 Å². The average molecular weight is 1130 g/mol. The Balaban J connectivity index is 1.02. The molecule has 0 spiro atoms. The smallest absolute Gasteiger partial charge is 0.256 e. The van der Waals surface area contributed by atoms with Crippen LogP contribution in [0.4, 0.5) is 17.1 Å². The maximum atomic E-state index is 7.62. The number of nitrogens with zero attached hydrogens (tertiary/aromatic N) is 3. The Morgan fingerprint density at radius 1 is 0.414 bits per heavy atom. The summed E-state index contributed by atoms with van der Waals surface area (Å²) in [6.45, 7) is 27.9. The number of para-hydroxylation sites is 1. The molecule has 0 amide bonds. The number of hydrogen-bond donors (Lipinski definition) is 0. The fourth-order valence-electron chi connectivity index (χ4n) is 14.4. The van der Waals surface area contributed by atoms with Gasteiger partial charge in [0, 0.05) is 61.8 Å². The summed E-state index contributed by atoms with van der Waals surface area (Å²) >= 11 is 0. The minimum Gasteiger partial charge on any atom is -0.458 e. The summed E-state index contributed by atoms with van der Waals surface area (Å²) < 4.78 is 12.7. The van der Waals surface area contributed by atoms with E-state index in [4.69, 9.17) is 4.74 Å². The third-order valence-corrected chi connectivity index (χ3v) is 19.3. The topological polar surface area (TPSA) is 22.3 Å². The van der Waals surface area contributed by atoms with E-state index < -0.39 is 0 Å². The van der Waals surface area contributed by atoms with Gasteiger partial charge in [0.15, 0.2) is 0 Å². The van der Waals surface area contributed by atoms with Crippen LogP contribution < -0.4 is 26.0 Å². The van der Waals surface area contributed by atoms with Crippen LogP contribution in [0.1, 0.15) is 111 Å². The molecule has 428 valence electrons. The summed E-state index contributed by atoms with van der Waals surface area (Å²) in [5, 5.41) is 3.88. The number of allylic oxidation sites excluding steroid dienone is 1. The molecule has 3 aliphatic rings. The maximum Gasteiger partial charge on any atom is 0.256 e. The average Bonchev–Trinajstić information content (AvgIpc) is 0.958. The molecule has 5 heteroatoms. The Morgan fingerprint density at radius 3 is 1.46 bits per heavy atom. The molecule has 0 bridgehead atoms. The second-order valence-corrected chi connectivity index (χ2v) is 29.1. The summed E-state index contributed by atoms with van der Waals surface area (Å²) in [5.74, 6) is 2.17. The number of hydrogen-bond acceptors (Lipinski definition) is 2. The van der Waals surface area contributed by atoms with E-state index in [0.29, 0.717) is 5.92 Å². The molecular formula is C82H76BN3O. The van der Waals surface area contributed by atoms with Crippen LogP contribution in [-0.4, -0.2) is 15.8 Å².